The molecule has 0 aliphatic rings. The van der Waals surface area contributed by atoms with E-state index in [-0.39, 0.29) is 0 Å². The van der Waals surface area contributed by atoms with Crippen molar-refractivity contribution in [1.29, 1.82) is 0 Å². The summed E-state index contributed by atoms with van der Waals surface area (Å²) >= 11 is 0. The third-order valence-electron chi connectivity index (χ3n) is 4.06. The molecular formula is C20H16N2. The highest BCUT2D eigenvalue weighted by Gasteiger charge is 2.05. The van der Waals surface area contributed by atoms with Crippen LogP contribution in [0.25, 0.3) is 27.8 Å². The molecule has 0 atom stereocenters. The van der Waals surface area contributed by atoms with Gasteiger partial charge in [0.1, 0.15) is 6.33 Å². The standard InChI is InChI=1S/C20H16N2/c1-15-6-2-3-7-18(15)16-10-12-17(13-11-16)22-14-21-19-8-4-5-9-20(19)22/h2-14H,1H3. The summed E-state index contributed by atoms with van der Waals surface area (Å²) in [6.45, 7) is 2.15. The molecule has 1 aromatic heterocycles. The average Bonchev–Trinajstić information content (AvgIpc) is 3.00. The van der Waals surface area contributed by atoms with E-state index in [1.165, 1.54) is 16.7 Å². The summed E-state index contributed by atoms with van der Waals surface area (Å²) in [5.74, 6) is 0. The molecule has 2 heteroatoms. The van der Waals surface area contributed by atoms with Gasteiger partial charge in [-0.1, -0.05) is 48.5 Å². The van der Waals surface area contributed by atoms with Crippen LogP contribution in [0.3, 0.4) is 0 Å². The van der Waals surface area contributed by atoms with Crippen molar-refractivity contribution in [3.05, 3.63) is 84.7 Å². The maximum Gasteiger partial charge on any atom is 0.100 e. The first-order chi connectivity index (χ1) is 10.8. The molecule has 0 bridgehead atoms. The van der Waals surface area contributed by atoms with E-state index >= 15 is 0 Å². The third kappa shape index (κ3) is 2.09. The molecular weight excluding hydrogens is 268 g/mol. The molecule has 106 valence electrons. The number of benzene rings is 3. The highest BCUT2D eigenvalue weighted by Crippen LogP contribution is 2.25. The Morgan fingerprint density at radius 3 is 2.32 bits per heavy atom. The molecule has 4 aromatic rings. The van der Waals surface area contributed by atoms with Gasteiger partial charge in [-0.15, -0.1) is 0 Å². The molecule has 0 saturated carbocycles. The van der Waals surface area contributed by atoms with Gasteiger partial charge in [0, 0.05) is 5.69 Å². The average molecular weight is 284 g/mol. The quantitative estimate of drug-likeness (QED) is 0.506. The molecule has 0 radical (unpaired) electrons. The van der Waals surface area contributed by atoms with Crippen molar-refractivity contribution >= 4 is 11.0 Å². The van der Waals surface area contributed by atoms with E-state index in [0.29, 0.717) is 0 Å². The van der Waals surface area contributed by atoms with Gasteiger partial charge in [-0.2, -0.15) is 0 Å². The molecule has 0 aliphatic heterocycles. The molecule has 0 amide bonds. The summed E-state index contributed by atoms with van der Waals surface area (Å²) in [5, 5.41) is 0. The number of aromatic nitrogens is 2. The SMILES string of the molecule is Cc1ccccc1-c1ccc(-n2cnc3ccccc32)cc1. The number of para-hydroxylation sites is 2. The van der Waals surface area contributed by atoms with E-state index in [0.717, 1.165) is 16.7 Å². The normalized spacial score (nSPS) is 11.0. The van der Waals surface area contributed by atoms with E-state index in [2.05, 4.69) is 71.1 Å². The second-order valence-electron chi connectivity index (χ2n) is 5.47. The van der Waals surface area contributed by atoms with E-state index in [4.69, 9.17) is 0 Å². The zero-order valence-corrected chi connectivity index (χ0v) is 12.4. The lowest BCUT2D eigenvalue weighted by atomic mass is 10.0. The van der Waals surface area contributed by atoms with Crippen molar-refractivity contribution in [2.45, 2.75) is 6.92 Å². The highest BCUT2D eigenvalue weighted by atomic mass is 15.0. The molecule has 0 N–H and O–H groups in total. The van der Waals surface area contributed by atoms with Gasteiger partial charge in [0.2, 0.25) is 0 Å². The van der Waals surface area contributed by atoms with Crippen molar-refractivity contribution in [3.63, 3.8) is 0 Å². The first-order valence-electron chi connectivity index (χ1n) is 7.41. The minimum absolute atomic E-state index is 1.02. The lowest BCUT2D eigenvalue weighted by molar-refractivity contribution is 1.09. The number of imidazole rings is 1. The van der Waals surface area contributed by atoms with E-state index in [9.17, 15) is 0 Å². The van der Waals surface area contributed by atoms with Crippen molar-refractivity contribution in [1.82, 2.24) is 9.55 Å². The number of rotatable bonds is 2. The van der Waals surface area contributed by atoms with Gasteiger partial charge in [-0.25, -0.2) is 4.98 Å². The number of hydrogen-bond donors (Lipinski definition) is 0. The molecule has 0 saturated heterocycles. The monoisotopic (exact) mass is 284 g/mol. The van der Waals surface area contributed by atoms with Crippen molar-refractivity contribution in [2.24, 2.45) is 0 Å². The fourth-order valence-corrected chi connectivity index (χ4v) is 2.86. The third-order valence-corrected chi connectivity index (χ3v) is 4.06. The van der Waals surface area contributed by atoms with E-state index in [1.54, 1.807) is 0 Å². The molecule has 0 aliphatic carbocycles. The van der Waals surface area contributed by atoms with Crippen LogP contribution in [0.4, 0.5) is 0 Å². The second-order valence-corrected chi connectivity index (χ2v) is 5.47. The topological polar surface area (TPSA) is 17.8 Å². The Bertz CT molecular complexity index is 933. The van der Waals surface area contributed by atoms with Gasteiger partial charge in [-0.05, 0) is 47.9 Å². The molecule has 0 spiro atoms. The van der Waals surface area contributed by atoms with E-state index in [1.807, 2.05) is 24.5 Å². The Hall–Kier alpha value is -2.87. The summed E-state index contributed by atoms with van der Waals surface area (Å²) in [5.41, 5.74) is 7.10. The Morgan fingerprint density at radius 2 is 1.50 bits per heavy atom. The van der Waals surface area contributed by atoms with Gasteiger partial charge in [0.15, 0.2) is 0 Å². The van der Waals surface area contributed by atoms with Gasteiger partial charge < -0.3 is 0 Å². The molecule has 0 fully saturated rings. The van der Waals surface area contributed by atoms with Crippen molar-refractivity contribution in [3.8, 4) is 16.8 Å². The fourth-order valence-electron chi connectivity index (χ4n) is 2.86. The predicted molar refractivity (Wildman–Crippen MR) is 91.2 cm³/mol. The van der Waals surface area contributed by atoms with Gasteiger partial charge in [-0.3, -0.25) is 4.57 Å². The van der Waals surface area contributed by atoms with Crippen LogP contribution in [-0.4, -0.2) is 9.55 Å². The maximum absolute atomic E-state index is 4.45. The first-order valence-corrected chi connectivity index (χ1v) is 7.41. The summed E-state index contributed by atoms with van der Waals surface area (Å²) in [6, 6.07) is 25.3. The Balaban J connectivity index is 1.78. The fraction of sp³-hybridized carbons (Fsp3) is 0.0500. The summed E-state index contributed by atoms with van der Waals surface area (Å²) in [6.07, 6.45) is 1.88. The smallest absolute Gasteiger partial charge is 0.100 e. The predicted octanol–water partition coefficient (Wildman–Crippen LogP) is 5.00. The van der Waals surface area contributed by atoms with Crippen LogP contribution in [0.5, 0.6) is 0 Å². The molecule has 3 aromatic carbocycles. The van der Waals surface area contributed by atoms with Crippen molar-refractivity contribution < 1.29 is 0 Å². The number of fused-ring (bicyclic) bond motifs is 1. The summed E-state index contributed by atoms with van der Waals surface area (Å²) in [7, 11) is 0. The lowest BCUT2D eigenvalue weighted by Crippen LogP contribution is -1.92. The van der Waals surface area contributed by atoms with Crippen LogP contribution in [-0.2, 0) is 0 Å². The van der Waals surface area contributed by atoms with Crippen LogP contribution in [0.15, 0.2) is 79.1 Å². The minimum atomic E-state index is 1.02. The van der Waals surface area contributed by atoms with Gasteiger partial charge in [0.05, 0.1) is 11.0 Å². The van der Waals surface area contributed by atoms with Gasteiger partial charge >= 0.3 is 0 Å². The Morgan fingerprint density at radius 1 is 0.773 bits per heavy atom. The van der Waals surface area contributed by atoms with Gasteiger partial charge in [0.25, 0.3) is 0 Å². The second kappa shape index (κ2) is 5.15. The summed E-state index contributed by atoms with van der Waals surface area (Å²) in [4.78, 5) is 4.45. The largest absolute Gasteiger partial charge is 0.299 e. The lowest BCUT2D eigenvalue weighted by Gasteiger charge is -2.08. The molecule has 4 rings (SSSR count). The Kier molecular flexibility index (Phi) is 3.01. The number of aryl methyl sites for hydroxylation is 1. The van der Waals surface area contributed by atoms with Crippen LogP contribution < -0.4 is 0 Å². The zero-order valence-electron chi connectivity index (χ0n) is 12.4. The van der Waals surface area contributed by atoms with Crippen LogP contribution >= 0.6 is 0 Å². The van der Waals surface area contributed by atoms with Crippen molar-refractivity contribution in [2.75, 3.05) is 0 Å². The van der Waals surface area contributed by atoms with Crippen LogP contribution in [0.2, 0.25) is 0 Å². The molecule has 0 unspecified atom stereocenters. The van der Waals surface area contributed by atoms with E-state index < -0.39 is 0 Å². The maximum atomic E-state index is 4.45. The number of hydrogen-bond acceptors (Lipinski definition) is 1. The highest BCUT2D eigenvalue weighted by molar-refractivity contribution is 5.77. The molecule has 2 nitrogen and oxygen atoms in total. The first kappa shape index (κ1) is 12.8. The zero-order chi connectivity index (χ0) is 14.9. The summed E-state index contributed by atoms with van der Waals surface area (Å²) < 4.78 is 2.12. The Labute approximate surface area is 129 Å². The number of nitrogens with zero attached hydrogens (tertiary/aromatic N) is 2. The minimum Gasteiger partial charge on any atom is -0.299 e. The van der Waals surface area contributed by atoms with Crippen LogP contribution in [0, 0.1) is 6.92 Å². The molecule has 22 heavy (non-hydrogen) atoms. The van der Waals surface area contributed by atoms with Crippen LogP contribution in [0.1, 0.15) is 5.56 Å². The molecule has 1 heterocycles.